The van der Waals surface area contributed by atoms with Crippen LogP contribution in [0.25, 0.3) is 55.8 Å². The Hall–Kier alpha value is -4.92. The van der Waals surface area contributed by atoms with E-state index in [0.717, 1.165) is 22.0 Å². The molecule has 4 aromatic heterocycles. The second-order valence-corrected chi connectivity index (χ2v) is 8.32. The standard InChI is InChI=1S/C27H20FN7O/c1-2-23(36)31-17-11-16(13-29-14-17)15-7-8-22-20(12-15)25(35-34-22)27-32-24-19(9-10-30-26(24)33-27)18-5-3-4-6-21(18)28/h3-14H,2H2,1H3,(H,31,36)(H,34,35)(H,30,32,33). The smallest absolute Gasteiger partial charge is 0.224 e. The number of nitrogens with zero attached hydrogens (tertiary/aromatic N) is 4. The van der Waals surface area contributed by atoms with Crippen LogP contribution in [0.15, 0.2) is 73.2 Å². The number of imidazole rings is 1. The molecule has 0 unspecified atom stereocenters. The number of anilines is 1. The maximum absolute atomic E-state index is 14.5. The van der Waals surface area contributed by atoms with Crippen LogP contribution in [0.4, 0.5) is 10.1 Å². The van der Waals surface area contributed by atoms with Crippen molar-refractivity contribution in [2.75, 3.05) is 5.32 Å². The van der Waals surface area contributed by atoms with Gasteiger partial charge in [-0.25, -0.2) is 14.4 Å². The summed E-state index contributed by atoms with van der Waals surface area (Å²) >= 11 is 0. The topological polar surface area (TPSA) is 112 Å². The van der Waals surface area contributed by atoms with Crippen molar-refractivity contribution in [2.45, 2.75) is 13.3 Å². The van der Waals surface area contributed by atoms with E-state index >= 15 is 0 Å². The van der Waals surface area contributed by atoms with Gasteiger partial charge in [0.2, 0.25) is 5.91 Å². The van der Waals surface area contributed by atoms with Crippen LogP contribution in [0.2, 0.25) is 0 Å². The largest absolute Gasteiger partial charge is 0.335 e. The van der Waals surface area contributed by atoms with Gasteiger partial charge in [-0.2, -0.15) is 5.10 Å². The lowest BCUT2D eigenvalue weighted by Crippen LogP contribution is -2.09. The van der Waals surface area contributed by atoms with Gasteiger partial charge < -0.3 is 10.3 Å². The lowest BCUT2D eigenvalue weighted by atomic mass is 10.0. The highest BCUT2D eigenvalue weighted by molar-refractivity contribution is 5.98. The Balaban J connectivity index is 1.44. The first-order chi connectivity index (χ1) is 17.6. The first-order valence-electron chi connectivity index (χ1n) is 11.4. The highest BCUT2D eigenvalue weighted by Crippen LogP contribution is 2.33. The van der Waals surface area contributed by atoms with Crippen LogP contribution in [0, 0.1) is 5.82 Å². The van der Waals surface area contributed by atoms with E-state index in [2.05, 4.69) is 35.5 Å². The maximum atomic E-state index is 14.5. The number of benzene rings is 2. The van der Waals surface area contributed by atoms with Gasteiger partial charge >= 0.3 is 0 Å². The quantitative estimate of drug-likeness (QED) is 0.294. The van der Waals surface area contributed by atoms with Gasteiger partial charge in [-0.15, -0.1) is 0 Å². The monoisotopic (exact) mass is 477 g/mol. The third-order valence-corrected chi connectivity index (χ3v) is 6.02. The minimum absolute atomic E-state index is 0.0743. The number of amides is 1. The van der Waals surface area contributed by atoms with E-state index in [-0.39, 0.29) is 11.7 Å². The summed E-state index contributed by atoms with van der Waals surface area (Å²) in [7, 11) is 0. The summed E-state index contributed by atoms with van der Waals surface area (Å²) in [6.07, 6.45) is 5.37. The van der Waals surface area contributed by atoms with E-state index in [9.17, 15) is 9.18 Å². The molecule has 1 amide bonds. The fourth-order valence-corrected chi connectivity index (χ4v) is 4.22. The van der Waals surface area contributed by atoms with Gasteiger partial charge in [0.05, 0.1) is 22.9 Å². The summed E-state index contributed by atoms with van der Waals surface area (Å²) < 4.78 is 14.5. The molecule has 0 fully saturated rings. The molecule has 0 spiro atoms. The SMILES string of the molecule is CCC(=O)Nc1cncc(-c2ccc3[nH]nc(-c4nc5nccc(-c6ccccc6F)c5[nH]4)c3c2)c1. The zero-order valence-corrected chi connectivity index (χ0v) is 19.2. The number of H-pyrrole nitrogens is 2. The third-order valence-electron chi connectivity index (χ3n) is 6.02. The highest BCUT2D eigenvalue weighted by atomic mass is 19.1. The molecule has 2 aromatic carbocycles. The van der Waals surface area contributed by atoms with Crippen molar-refractivity contribution in [1.82, 2.24) is 30.1 Å². The number of fused-ring (bicyclic) bond motifs is 2. The summed E-state index contributed by atoms with van der Waals surface area (Å²) in [4.78, 5) is 28.4. The Morgan fingerprint density at radius 1 is 1.03 bits per heavy atom. The molecule has 9 heteroatoms. The molecule has 176 valence electrons. The zero-order valence-electron chi connectivity index (χ0n) is 19.2. The number of nitrogens with one attached hydrogen (secondary N) is 3. The molecule has 8 nitrogen and oxygen atoms in total. The Labute approximate surface area is 204 Å². The molecule has 6 rings (SSSR count). The van der Waals surface area contributed by atoms with Crippen molar-refractivity contribution in [2.24, 2.45) is 0 Å². The molecule has 36 heavy (non-hydrogen) atoms. The predicted octanol–water partition coefficient (Wildman–Crippen LogP) is 5.72. The third kappa shape index (κ3) is 3.76. The molecule has 0 atom stereocenters. The number of halogens is 1. The Bertz CT molecular complexity index is 1750. The fraction of sp³-hybridized carbons (Fsp3) is 0.0741. The number of hydrogen-bond donors (Lipinski definition) is 3. The first kappa shape index (κ1) is 21.6. The minimum atomic E-state index is -0.318. The van der Waals surface area contributed by atoms with E-state index in [4.69, 9.17) is 0 Å². The summed E-state index contributed by atoms with van der Waals surface area (Å²) in [5.74, 6) is 0.128. The normalized spacial score (nSPS) is 11.3. The average molecular weight is 478 g/mol. The summed E-state index contributed by atoms with van der Waals surface area (Å²) in [5.41, 5.74) is 6.10. The molecule has 4 heterocycles. The lowest BCUT2D eigenvalue weighted by molar-refractivity contribution is -0.115. The lowest BCUT2D eigenvalue weighted by Gasteiger charge is -2.06. The van der Waals surface area contributed by atoms with Crippen molar-refractivity contribution in [1.29, 1.82) is 0 Å². The predicted molar refractivity (Wildman–Crippen MR) is 137 cm³/mol. The average Bonchev–Trinajstić information content (AvgIpc) is 3.52. The van der Waals surface area contributed by atoms with Crippen molar-refractivity contribution >= 4 is 33.7 Å². The second kappa shape index (κ2) is 8.70. The molecule has 0 aliphatic rings. The van der Waals surface area contributed by atoms with Crippen LogP contribution < -0.4 is 5.32 Å². The molecule has 0 saturated heterocycles. The Morgan fingerprint density at radius 2 is 1.92 bits per heavy atom. The molecule has 6 aromatic rings. The van der Waals surface area contributed by atoms with Gasteiger partial charge in [0.15, 0.2) is 11.5 Å². The number of rotatable bonds is 5. The van der Waals surface area contributed by atoms with Crippen molar-refractivity contribution in [3.05, 3.63) is 79.0 Å². The van der Waals surface area contributed by atoms with E-state index < -0.39 is 0 Å². The number of hydrogen-bond acceptors (Lipinski definition) is 5. The second-order valence-electron chi connectivity index (χ2n) is 8.32. The fourth-order valence-electron chi connectivity index (χ4n) is 4.22. The number of carbonyl (C=O) groups excluding carboxylic acids is 1. The number of aromatic nitrogens is 6. The molecule has 0 aliphatic heterocycles. The molecular weight excluding hydrogens is 457 g/mol. The van der Waals surface area contributed by atoms with E-state index in [0.29, 0.717) is 45.9 Å². The van der Waals surface area contributed by atoms with Gasteiger partial charge in [0.25, 0.3) is 0 Å². The molecule has 0 saturated carbocycles. The number of pyridine rings is 2. The van der Waals surface area contributed by atoms with E-state index in [1.54, 1.807) is 49.8 Å². The minimum Gasteiger partial charge on any atom is -0.335 e. The van der Waals surface area contributed by atoms with Crippen molar-refractivity contribution in [3.63, 3.8) is 0 Å². The summed E-state index contributed by atoms with van der Waals surface area (Å²) in [6, 6.07) is 16.1. The summed E-state index contributed by atoms with van der Waals surface area (Å²) in [6.45, 7) is 1.80. The van der Waals surface area contributed by atoms with Crippen LogP contribution in [-0.4, -0.2) is 36.0 Å². The van der Waals surface area contributed by atoms with Crippen LogP contribution in [0.5, 0.6) is 0 Å². The molecule has 0 bridgehead atoms. The molecule has 0 aliphatic carbocycles. The maximum Gasteiger partial charge on any atom is 0.224 e. The van der Waals surface area contributed by atoms with Crippen molar-refractivity contribution < 1.29 is 9.18 Å². The van der Waals surface area contributed by atoms with Crippen molar-refractivity contribution in [3.8, 4) is 33.8 Å². The van der Waals surface area contributed by atoms with Crippen LogP contribution in [0.3, 0.4) is 0 Å². The highest BCUT2D eigenvalue weighted by Gasteiger charge is 2.17. The van der Waals surface area contributed by atoms with E-state index in [1.165, 1.54) is 6.07 Å². The molecular formula is C27H20FN7O. The van der Waals surface area contributed by atoms with E-state index in [1.807, 2.05) is 24.3 Å². The molecule has 0 radical (unpaired) electrons. The first-order valence-corrected chi connectivity index (χ1v) is 11.4. The van der Waals surface area contributed by atoms with Crippen LogP contribution >= 0.6 is 0 Å². The summed E-state index contributed by atoms with van der Waals surface area (Å²) in [5, 5.41) is 11.2. The van der Waals surface area contributed by atoms with Gasteiger partial charge in [-0.05, 0) is 35.9 Å². The van der Waals surface area contributed by atoms with Crippen LogP contribution in [0.1, 0.15) is 13.3 Å². The Morgan fingerprint density at radius 3 is 2.78 bits per heavy atom. The molecule has 3 N–H and O–H groups in total. The van der Waals surface area contributed by atoms with Gasteiger partial charge in [0.1, 0.15) is 11.5 Å². The van der Waals surface area contributed by atoms with Gasteiger partial charge in [-0.3, -0.25) is 14.9 Å². The Kier molecular flexibility index (Phi) is 5.22. The van der Waals surface area contributed by atoms with Crippen LogP contribution in [-0.2, 0) is 4.79 Å². The zero-order chi connectivity index (χ0) is 24.6. The van der Waals surface area contributed by atoms with Gasteiger partial charge in [0, 0.05) is 40.9 Å². The number of aromatic amines is 2. The number of carbonyl (C=O) groups is 1. The van der Waals surface area contributed by atoms with Gasteiger partial charge in [-0.1, -0.05) is 31.2 Å².